The number of anilines is 2. The Kier molecular flexibility index (Phi) is 4.81. The van der Waals surface area contributed by atoms with Crippen LogP contribution in [0.4, 0.5) is 11.4 Å². The average Bonchev–Trinajstić information content (AvgIpc) is 2.57. The zero-order valence-electron chi connectivity index (χ0n) is 12.4. The predicted molar refractivity (Wildman–Crippen MR) is 100 cm³/mol. The van der Waals surface area contributed by atoms with E-state index in [4.69, 9.17) is 27.9 Å². The van der Waals surface area contributed by atoms with Gasteiger partial charge in [0.2, 0.25) is 0 Å². The largest absolute Gasteiger partial charge is 0.495 e. The number of halogens is 3. The highest BCUT2D eigenvalue weighted by Crippen LogP contribution is 2.38. The number of nitrogens with zero attached hydrogens (tertiary/aromatic N) is 2. The molecule has 0 aliphatic carbocycles. The lowest BCUT2D eigenvalue weighted by Gasteiger charge is -2.14. The van der Waals surface area contributed by atoms with E-state index < -0.39 is 0 Å². The third-order valence-electron chi connectivity index (χ3n) is 3.45. The Bertz CT molecular complexity index is 986. The summed E-state index contributed by atoms with van der Waals surface area (Å²) < 4.78 is 6.11. The maximum atomic E-state index is 9.42. The van der Waals surface area contributed by atoms with Gasteiger partial charge in [0.1, 0.15) is 11.8 Å². The second kappa shape index (κ2) is 6.86. The molecule has 0 amide bonds. The van der Waals surface area contributed by atoms with Crippen molar-refractivity contribution in [1.82, 2.24) is 4.98 Å². The van der Waals surface area contributed by atoms with E-state index in [0.29, 0.717) is 32.7 Å². The fraction of sp³-hybridized carbons (Fsp3) is 0.0588. The first-order valence-corrected chi connectivity index (χ1v) is 8.37. The van der Waals surface area contributed by atoms with Crippen LogP contribution in [0.3, 0.4) is 0 Å². The fourth-order valence-electron chi connectivity index (χ4n) is 2.30. The molecule has 0 aliphatic heterocycles. The summed E-state index contributed by atoms with van der Waals surface area (Å²) >= 11 is 15.8. The molecule has 120 valence electrons. The summed E-state index contributed by atoms with van der Waals surface area (Å²) in [6.07, 6.45) is 1.53. The number of methoxy groups -OCH3 is 1. The Labute approximate surface area is 157 Å². The molecule has 0 radical (unpaired) electrons. The molecule has 0 spiro atoms. The number of fused-ring (bicyclic) bond motifs is 1. The molecule has 1 aromatic heterocycles. The number of aromatic nitrogens is 1. The molecule has 0 fully saturated rings. The Morgan fingerprint density at radius 1 is 1.21 bits per heavy atom. The van der Waals surface area contributed by atoms with Crippen LogP contribution in [0.1, 0.15) is 5.56 Å². The minimum absolute atomic E-state index is 0.408. The van der Waals surface area contributed by atoms with E-state index >= 15 is 0 Å². The first-order chi connectivity index (χ1) is 11.5. The van der Waals surface area contributed by atoms with Crippen LogP contribution < -0.4 is 10.1 Å². The van der Waals surface area contributed by atoms with Crippen LogP contribution in [0, 0.1) is 11.3 Å². The second-order valence-electron chi connectivity index (χ2n) is 4.91. The van der Waals surface area contributed by atoms with Gasteiger partial charge in [0.25, 0.3) is 0 Å². The topological polar surface area (TPSA) is 57.9 Å². The van der Waals surface area contributed by atoms with E-state index in [1.807, 2.05) is 18.2 Å². The van der Waals surface area contributed by atoms with Gasteiger partial charge < -0.3 is 10.1 Å². The molecule has 3 aromatic rings. The van der Waals surface area contributed by atoms with E-state index in [1.54, 1.807) is 12.1 Å². The van der Waals surface area contributed by atoms with Crippen LogP contribution >= 0.6 is 39.1 Å². The molecular weight excluding hydrogens is 413 g/mol. The lowest BCUT2D eigenvalue weighted by molar-refractivity contribution is 0.415. The molecule has 7 heteroatoms. The number of hydrogen-bond acceptors (Lipinski definition) is 4. The molecular formula is C17H10BrCl2N3O. The van der Waals surface area contributed by atoms with Crippen molar-refractivity contribution in [3.8, 4) is 11.8 Å². The molecule has 0 aliphatic rings. The highest BCUT2D eigenvalue weighted by atomic mass is 79.9. The molecule has 0 atom stereocenters. The summed E-state index contributed by atoms with van der Waals surface area (Å²) in [6, 6.07) is 11.1. The molecule has 3 rings (SSSR count). The van der Waals surface area contributed by atoms with Crippen molar-refractivity contribution in [2.24, 2.45) is 0 Å². The molecule has 1 N–H and O–H groups in total. The van der Waals surface area contributed by atoms with E-state index in [-0.39, 0.29) is 0 Å². The summed E-state index contributed by atoms with van der Waals surface area (Å²) in [6.45, 7) is 0. The van der Waals surface area contributed by atoms with Gasteiger partial charge in [-0.3, -0.25) is 4.98 Å². The smallest absolute Gasteiger partial charge is 0.139 e. The number of nitriles is 1. The monoisotopic (exact) mass is 421 g/mol. The SMILES string of the molecule is COc1cc(Nc2c(C#N)cnc3ccc(Br)cc23)c(Cl)cc1Cl. The molecule has 24 heavy (non-hydrogen) atoms. The van der Waals surface area contributed by atoms with Gasteiger partial charge in [0, 0.05) is 22.1 Å². The fourth-order valence-corrected chi connectivity index (χ4v) is 3.17. The first kappa shape index (κ1) is 16.8. The van der Waals surface area contributed by atoms with Crippen LogP contribution in [-0.4, -0.2) is 12.1 Å². The molecule has 1 heterocycles. The maximum Gasteiger partial charge on any atom is 0.139 e. The third-order valence-corrected chi connectivity index (χ3v) is 4.55. The maximum absolute atomic E-state index is 9.42. The molecule has 0 unspecified atom stereocenters. The number of ether oxygens (including phenoxy) is 1. The van der Waals surface area contributed by atoms with Crippen molar-refractivity contribution in [2.45, 2.75) is 0 Å². The first-order valence-electron chi connectivity index (χ1n) is 6.82. The van der Waals surface area contributed by atoms with Crippen LogP contribution in [0.25, 0.3) is 10.9 Å². The Morgan fingerprint density at radius 3 is 2.71 bits per heavy atom. The number of hydrogen-bond donors (Lipinski definition) is 1. The van der Waals surface area contributed by atoms with E-state index in [1.165, 1.54) is 13.3 Å². The number of benzene rings is 2. The highest BCUT2D eigenvalue weighted by molar-refractivity contribution is 9.10. The van der Waals surface area contributed by atoms with Gasteiger partial charge in [-0.2, -0.15) is 5.26 Å². The van der Waals surface area contributed by atoms with Gasteiger partial charge in [-0.15, -0.1) is 0 Å². The summed E-state index contributed by atoms with van der Waals surface area (Å²) in [5.74, 6) is 0.488. The summed E-state index contributed by atoms with van der Waals surface area (Å²) in [5.41, 5.74) is 2.37. The van der Waals surface area contributed by atoms with Crippen LogP contribution in [0.15, 0.2) is 41.0 Å². The zero-order valence-corrected chi connectivity index (χ0v) is 15.5. The minimum atomic E-state index is 0.408. The van der Waals surface area contributed by atoms with Crippen molar-refractivity contribution in [2.75, 3.05) is 12.4 Å². The molecule has 0 saturated heterocycles. The summed E-state index contributed by atoms with van der Waals surface area (Å²) in [4.78, 5) is 4.30. The van der Waals surface area contributed by atoms with Crippen molar-refractivity contribution < 1.29 is 4.74 Å². The van der Waals surface area contributed by atoms with Gasteiger partial charge in [0.15, 0.2) is 0 Å². The summed E-state index contributed by atoms with van der Waals surface area (Å²) in [5, 5.41) is 14.3. The van der Waals surface area contributed by atoms with E-state index in [2.05, 4.69) is 32.3 Å². The van der Waals surface area contributed by atoms with E-state index in [0.717, 1.165) is 15.4 Å². The van der Waals surface area contributed by atoms with Crippen LogP contribution in [0.5, 0.6) is 5.75 Å². The molecule has 0 saturated carbocycles. The molecule has 2 aromatic carbocycles. The third kappa shape index (κ3) is 3.13. The van der Waals surface area contributed by atoms with Gasteiger partial charge in [0.05, 0.1) is 39.6 Å². The Hall–Kier alpha value is -2.00. The molecule has 0 bridgehead atoms. The zero-order chi connectivity index (χ0) is 17.3. The van der Waals surface area contributed by atoms with Crippen molar-refractivity contribution >= 4 is 61.4 Å². The summed E-state index contributed by atoms with van der Waals surface area (Å²) in [7, 11) is 1.53. The van der Waals surface area contributed by atoms with Crippen LogP contribution in [-0.2, 0) is 0 Å². The number of pyridine rings is 1. The quantitative estimate of drug-likeness (QED) is 0.568. The predicted octanol–water partition coefficient (Wildman–Crippen LogP) is 5.93. The van der Waals surface area contributed by atoms with Gasteiger partial charge in [-0.1, -0.05) is 39.1 Å². The average molecular weight is 423 g/mol. The molecule has 4 nitrogen and oxygen atoms in total. The van der Waals surface area contributed by atoms with Gasteiger partial charge in [-0.25, -0.2) is 0 Å². The lowest BCUT2D eigenvalue weighted by Crippen LogP contribution is -1.98. The van der Waals surface area contributed by atoms with Crippen LogP contribution in [0.2, 0.25) is 10.0 Å². The van der Waals surface area contributed by atoms with Crippen molar-refractivity contribution in [3.05, 3.63) is 56.6 Å². The van der Waals surface area contributed by atoms with Crippen molar-refractivity contribution in [1.29, 1.82) is 5.26 Å². The number of rotatable bonds is 3. The Morgan fingerprint density at radius 2 is 2.00 bits per heavy atom. The normalized spacial score (nSPS) is 10.5. The lowest BCUT2D eigenvalue weighted by atomic mass is 10.1. The van der Waals surface area contributed by atoms with Gasteiger partial charge in [-0.05, 0) is 24.3 Å². The van der Waals surface area contributed by atoms with E-state index in [9.17, 15) is 5.26 Å². The highest BCUT2D eigenvalue weighted by Gasteiger charge is 2.13. The number of nitrogens with one attached hydrogen (secondary N) is 1. The van der Waals surface area contributed by atoms with Gasteiger partial charge >= 0.3 is 0 Å². The second-order valence-corrected chi connectivity index (χ2v) is 6.64. The Balaban J connectivity index is 2.20. The minimum Gasteiger partial charge on any atom is -0.495 e. The standard InChI is InChI=1S/C17H10BrCl2N3O/c1-24-16-6-15(12(19)5-13(16)20)23-17-9(7-21)8-22-14-3-2-10(18)4-11(14)17/h2-6,8H,1H3,(H,22,23). The van der Waals surface area contributed by atoms with Crippen molar-refractivity contribution in [3.63, 3.8) is 0 Å².